The lowest BCUT2D eigenvalue weighted by atomic mass is 10.2. The smallest absolute Gasteiger partial charge is 0.317 e. The third kappa shape index (κ3) is 4.93. The van der Waals surface area contributed by atoms with Crippen LogP contribution in [-0.2, 0) is 0 Å². The summed E-state index contributed by atoms with van der Waals surface area (Å²) in [6.45, 7) is 3.74. The van der Waals surface area contributed by atoms with Gasteiger partial charge in [0.05, 0.1) is 13.2 Å². The van der Waals surface area contributed by atoms with E-state index in [0.717, 1.165) is 31.9 Å². The summed E-state index contributed by atoms with van der Waals surface area (Å²) in [6, 6.07) is 12.5. The van der Waals surface area contributed by atoms with Gasteiger partial charge in [0.1, 0.15) is 5.75 Å². The van der Waals surface area contributed by atoms with Crippen molar-refractivity contribution in [3.05, 3.63) is 46.7 Å². The molecule has 6 nitrogen and oxygen atoms in total. The lowest BCUT2D eigenvalue weighted by molar-refractivity contribution is 0.189. The molecule has 1 unspecified atom stereocenters. The highest BCUT2D eigenvalue weighted by Gasteiger charge is 2.23. The first-order chi connectivity index (χ1) is 13.1. The van der Waals surface area contributed by atoms with Crippen LogP contribution in [0.5, 0.6) is 5.75 Å². The molecule has 27 heavy (non-hydrogen) atoms. The van der Waals surface area contributed by atoms with Gasteiger partial charge in [-0.2, -0.15) is 0 Å². The Bertz CT molecular complexity index is 710. The number of amides is 2. The van der Waals surface area contributed by atoms with Crippen LogP contribution in [0.3, 0.4) is 0 Å². The third-order valence-electron chi connectivity index (χ3n) is 4.95. The minimum atomic E-state index is 0.0211. The van der Waals surface area contributed by atoms with Crippen molar-refractivity contribution >= 4 is 23.1 Å². The Hall–Kier alpha value is -2.25. The normalized spacial score (nSPS) is 15.7. The van der Waals surface area contributed by atoms with E-state index in [9.17, 15) is 4.79 Å². The number of benzene rings is 1. The van der Waals surface area contributed by atoms with Crippen LogP contribution >= 0.6 is 11.3 Å². The van der Waals surface area contributed by atoms with Crippen LogP contribution in [-0.4, -0.2) is 69.8 Å². The van der Waals surface area contributed by atoms with Gasteiger partial charge in [-0.25, -0.2) is 4.79 Å². The number of piperazine rings is 1. The molecule has 1 atom stereocenters. The second-order valence-electron chi connectivity index (χ2n) is 6.85. The Morgan fingerprint density at radius 1 is 1.19 bits per heavy atom. The van der Waals surface area contributed by atoms with E-state index in [1.807, 2.05) is 31.1 Å². The van der Waals surface area contributed by atoms with E-state index in [1.165, 1.54) is 10.6 Å². The van der Waals surface area contributed by atoms with E-state index in [1.54, 1.807) is 18.4 Å². The zero-order valence-electron chi connectivity index (χ0n) is 16.2. The summed E-state index contributed by atoms with van der Waals surface area (Å²) < 4.78 is 5.21. The lowest BCUT2D eigenvalue weighted by Gasteiger charge is -2.36. The van der Waals surface area contributed by atoms with Gasteiger partial charge in [0.2, 0.25) is 0 Å². The first-order valence-corrected chi connectivity index (χ1v) is 10.1. The summed E-state index contributed by atoms with van der Waals surface area (Å²) >= 11 is 1.72. The average molecular weight is 389 g/mol. The molecule has 146 valence electrons. The van der Waals surface area contributed by atoms with Gasteiger partial charge < -0.3 is 24.8 Å². The van der Waals surface area contributed by atoms with Crippen molar-refractivity contribution in [1.82, 2.24) is 15.1 Å². The molecule has 2 aromatic rings. The molecule has 0 spiro atoms. The second-order valence-corrected chi connectivity index (χ2v) is 7.83. The molecule has 1 fully saturated rings. The Morgan fingerprint density at radius 2 is 1.89 bits per heavy atom. The first-order valence-electron chi connectivity index (χ1n) is 9.20. The maximum absolute atomic E-state index is 12.6. The van der Waals surface area contributed by atoms with Gasteiger partial charge >= 0.3 is 6.03 Å². The molecule has 1 aromatic heterocycles. The standard InChI is InChI=1S/C20H28N4O2S/c1-22(2)18(19-5-4-14-27-19)15-21-20(25)24-12-10-23(11-13-24)16-6-8-17(26-3)9-7-16/h4-9,14,18H,10-13,15H2,1-3H3,(H,21,25). The Labute approximate surface area is 165 Å². The number of nitrogens with one attached hydrogen (secondary N) is 1. The summed E-state index contributed by atoms with van der Waals surface area (Å²) in [5, 5.41) is 5.18. The summed E-state index contributed by atoms with van der Waals surface area (Å²) in [7, 11) is 5.76. The Morgan fingerprint density at radius 3 is 2.44 bits per heavy atom. The van der Waals surface area contributed by atoms with E-state index in [4.69, 9.17) is 4.74 Å². The molecular weight excluding hydrogens is 360 g/mol. The largest absolute Gasteiger partial charge is 0.497 e. The van der Waals surface area contributed by atoms with Crippen molar-refractivity contribution in [2.75, 3.05) is 58.8 Å². The molecule has 2 amide bonds. The van der Waals surface area contributed by atoms with E-state index < -0.39 is 0 Å². The number of hydrogen-bond donors (Lipinski definition) is 1. The number of carbonyl (C=O) groups is 1. The van der Waals surface area contributed by atoms with Crippen molar-refractivity contribution in [1.29, 1.82) is 0 Å². The predicted molar refractivity (Wildman–Crippen MR) is 111 cm³/mol. The van der Waals surface area contributed by atoms with Crippen LogP contribution in [0.2, 0.25) is 0 Å². The van der Waals surface area contributed by atoms with Crippen molar-refractivity contribution in [3.63, 3.8) is 0 Å². The molecule has 2 heterocycles. The SMILES string of the molecule is COc1ccc(N2CCN(C(=O)NCC(c3cccs3)N(C)C)CC2)cc1. The van der Waals surface area contributed by atoms with Crippen molar-refractivity contribution in [2.45, 2.75) is 6.04 Å². The Balaban J connectivity index is 1.49. The maximum Gasteiger partial charge on any atom is 0.317 e. The molecule has 0 radical (unpaired) electrons. The molecule has 3 rings (SSSR count). The number of carbonyl (C=O) groups excluding carboxylic acids is 1. The highest BCUT2D eigenvalue weighted by Crippen LogP contribution is 2.23. The van der Waals surface area contributed by atoms with Crippen LogP contribution in [0, 0.1) is 0 Å². The Kier molecular flexibility index (Phi) is 6.58. The monoisotopic (exact) mass is 388 g/mol. The molecule has 1 N–H and O–H groups in total. The van der Waals surface area contributed by atoms with E-state index >= 15 is 0 Å². The zero-order valence-corrected chi connectivity index (χ0v) is 17.0. The molecule has 1 saturated heterocycles. The van der Waals surface area contributed by atoms with Crippen molar-refractivity contribution in [3.8, 4) is 5.75 Å². The fourth-order valence-corrected chi connectivity index (χ4v) is 4.20. The van der Waals surface area contributed by atoms with E-state index in [-0.39, 0.29) is 12.1 Å². The highest BCUT2D eigenvalue weighted by molar-refractivity contribution is 7.10. The topological polar surface area (TPSA) is 48.1 Å². The van der Waals surface area contributed by atoms with Gasteiger partial charge in [-0.05, 0) is 49.8 Å². The fraction of sp³-hybridized carbons (Fsp3) is 0.450. The summed E-state index contributed by atoms with van der Waals surface area (Å²) in [4.78, 5) is 20.2. The number of rotatable bonds is 6. The van der Waals surface area contributed by atoms with Crippen molar-refractivity contribution < 1.29 is 9.53 Å². The van der Waals surface area contributed by atoms with Crippen LogP contribution in [0.25, 0.3) is 0 Å². The maximum atomic E-state index is 12.6. The number of ether oxygens (including phenoxy) is 1. The van der Waals surface area contributed by atoms with E-state index in [2.05, 4.69) is 44.8 Å². The second kappa shape index (κ2) is 9.10. The summed E-state index contributed by atoms with van der Waals surface area (Å²) in [5.41, 5.74) is 1.17. The minimum Gasteiger partial charge on any atom is -0.497 e. The zero-order chi connectivity index (χ0) is 19.2. The van der Waals surface area contributed by atoms with Gasteiger partial charge in [0.25, 0.3) is 0 Å². The van der Waals surface area contributed by atoms with E-state index in [0.29, 0.717) is 6.54 Å². The predicted octanol–water partition coefficient (Wildman–Crippen LogP) is 2.89. The number of hydrogen-bond acceptors (Lipinski definition) is 5. The van der Waals surface area contributed by atoms with Gasteiger partial charge in [0.15, 0.2) is 0 Å². The lowest BCUT2D eigenvalue weighted by Crippen LogP contribution is -2.52. The highest BCUT2D eigenvalue weighted by atomic mass is 32.1. The molecule has 0 bridgehead atoms. The van der Waals surface area contributed by atoms with Crippen LogP contribution in [0.1, 0.15) is 10.9 Å². The molecular formula is C20H28N4O2S. The molecule has 0 aliphatic carbocycles. The fourth-order valence-electron chi connectivity index (χ4n) is 3.28. The minimum absolute atomic E-state index is 0.0211. The average Bonchev–Trinajstić information content (AvgIpc) is 3.22. The number of methoxy groups -OCH3 is 1. The van der Waals surface area contributed by atoms with Crippen LogP contribution in [0.15, 0.2) is 41.8 Å². The number of nitrogens with zero attached hydrogens (tertiary/aromatic N) is 3. The van der Waals surface area contributed by atoms with Gasteiger partial charge in [-0.1, -0.05) is 6.07 Å². The molecule has 1 aliphatic heterocycles. The molecule has 0 saturated carbocycles. The molecule has 7 heteroatoms. The number of anilines is 1. The molecule has 1 aromatic carbocycles. The number of urea groups is 1. The van der Waals surface area contributed by atoms with Crippen molar-refractivity contribution in [2.24, 2.45) is 0 Å². The summed E-state index contributed by atoms with van der Waals surface area (Å²) in [6.07, 6.45) is 0. The van der Waals surface area contributed by atoms with Crippen LogP contribution in [0.4, 0.5) is 10.5 Å². The third-order valence-corrected chi connectivity index (χ3v) is 5.92. The van der Waals surface area contributed by atoms with Gasteiger partial charge in [-0.15, -0.1) is 11.3 Å². The quantitative estimate of drug-likeness (QED) is 0.827. The van der Waals surface area contributed by atoms with Gasteiger partial charge in [-0.3, -0.25) is 0 Å². The first kappa shape index (κ1) is 19.5. The number of thiophene rings is 1. The number of likely N-dealkylation sites (N-methyl/N-ethyl adjacent to an activating group) is 1. The molecule has 1 aliphatic rings. The van der Waals surface area contributed by atoms with Gasteiger partial charge in [0, 0.05) is 43.3 Å². The summed E-state index contributed by atoms with van der Waals surface area (Å²) in [5.74, 6) is 0.859. The van der Waals surface area contributed by atoms with Crippen LogP contribution < -0.4 is 15.0 Å².